The number of urea groups is 1. The summed E-state index contributed by atoms with van der Waals surface area (Å²) in [5.74, 6) is -0.950. The molecule has 20 heavy (non-hydrogen) atoms. The van der Waals surface area contributed by atoms with E-state index in [-0.39, 0.29) is 23.4 Å². The lowest BCUT2D eigenvalue weighted by molar-refractivity contribution is -0.144. The van der Waals surface area contributed by atoms with Crippen molar-refractivity contribution in [2.75, 3.05) is 6.54 Å². The highest BCUT2D eigenvalue weighted by Gasteiger charge is 2.32. The summed E-state index contributed by atoms with van der Waals surface area (Å²) in [5, 5.41) is 15.1. The smallest absolute Gasteiger partial charge is 0.315 e. The predicted molar refractivity (Wildman–Crippen MR) is 76.5 cm³/mol. The maximum atomic E-state index is 12.0. The molecule has 0 saturated heterocycles. The topological polar surface area (TPSA) is 78.4 Å². The van der Waals surface area contributed by atoms with E-state index in [1.54, 1.807) is 0 Å². The molecule has 2 rings (SSSR count). The van der Waals surface area contributed by atoms with Gasteiger partial charge in [0.05, 0.1) is 5.92 Å². The molecule has 5 heteroatoms. The summed E-state index contributed by atoms with van der Waals surface area (Å²) in [6.45, 7) is 2.55. The van der Waals surface area contributed by atoms with Gasteiger partial charge < -0.3 is 15.7 Å². The average molecular weight is 282 g/mol. The third-order valence-corrected chi connectivity index (χ3v) is 4.87. The van der Waals surface area contributed by atoms with E-state index in [4.69, 9.17) is 0 Å². The van der Waals surface area contributed by atoms with Crippen LogP contribution in [0.5, 0.6) is 0 Å². The largest absolute Gasteiger partial charge is 0.481 e. The van der Waals surface area contributed by atoms with Gasteiger partial charge in [0.25, 0.3) is 0 Å². The van der Waals surface area contributed by atoms with Crippen LogP contribution < -0.4 is 10.6 Å². The molecule has 0 aromatic heterocycles. The molecule has 2 aliphatic rings. The van der Waals surface area contributed by atoms with Gasteiger partial charge in [-0.05, 0) is 38.5 Å². The standard InChI is InChI=1S/C15H26N2O3/c1-15(8-4-5-9-15)17-14(20)16-10-11-6-2-3-7-12(11)13(18)19/h11-12H,2-10H2,1H3,(H,18,19)(H2,16,17,20). The second kappa shape index (κ2) is 6.46. The van der Waals surface area contributed by atoms with Gasteiger partial charge in [-0.3, -0.25) is 4.79 Å². The van der Waals surface area contributed by atoms with Crippen molar-refractivity contribution in [2.45, 2.75) is 63.8 Å². The van der Waals surface area contributed by atoms with Gasteiger partial charge in [-0.15, -0.1) is 0 Å². The molecule has 2 fully saturated rings. The van der Waals surface area contributed by atoms with Crippen LogP contribution in [0.3, 0.4) is 0 Å². The van der Waals surface area contributed by atoms with Crippen molar-refractivity contribution in [1.29, 1.82) is 0 Å². The number of carbonyl (C=O) groups is 2. The Kier molecular flexibility index (Phi) is 4.89. The molecule has 0 radical (unpaired) electrons. The first-order valence-corrected chi connectivity index (χ1v) is 7.79. The summed E-state index contributed by atoms with van der Waals surface area (Å²) >= 11 is 0. The lowest BCUT2D eigenvalue weighted by Crippen LogP contribution is -2.50. The third kappa shape index (κ3) is 3.87. The summed E-state index contributed by atoms with van der Waals surface area (Å²) in [5.41, 5.74) is -0.0805. The molecular formula is C15H26N2O3. The number of carboxylic acids is 1. The number of nitrogens with one attached hydrogen (secondary N) is 2. The molecule has 2 aliphatic carbocycles. The minimum absolute atomic E-state index is 0.0726. The quantitative estimate of drug-likeness (QED) is 0.741. The Morgan fingerprint density at radius 1 is 1.15 bits per heavy atom. The molecule has 114 valence electrons. The van der Waals surface area contributed by atoms with Crippen LogP contribution in [-0.4, -0.2) is 29.2 Å². The number of rotatable bonds is 4. The number of carbonyl (C=O) groups excluding carboxylic acids is 1. The second-order valence-electron chi connectivity index (χ2n) is 6.59. The fourth-order valence-electron chi connectivity index (χ4n) is 3.60. The van der Waals surface area contributed by atoms with Crippen molar-refractivity contribution in [2.24, 2.45) is 11.8 Å². The SMILES string of the molecule is CC1(NC(=O)NCC2CCCCC2C(=O)O)CCCC1. The molecule has 5 nitrogen and oxygen atoms in total. The zero-order chi connectivity index (χ0) is 14.6. The molecule has 0 aromatic carbocycles. The Morgan fingerprint density at radius 2 is 1.80 bits per heavy atom. The molecule has 2 unspecified atom stereocenters. The summed E-state index contributed by atoms with van der Waals surface area (Å²) in [4.78, 5) is 23.2. The number of carboxylic acid groups (broad SMARTS) is 1. The fourth-order valence-corrected chi connectivity index (χ4v) is 3.60. The number of aliphatic carboxylic acids is 1. The van der Waals surface area contributed by atoms with Gasteiger partial charge in [0.15, 0.2) is 0 Å². The van der Waals surface area contributed by atoms with Gasteiger partial charge in [-0.2, -0.15) is 0 Å². The summed E-state index contributed by atoms with van der Waals surface area (Å²) in [6.07, 6.45) is 8.08. The molecule has 2 amide bonds. The van der Waals surface area contributed by atoms with Gasteiger partial charge in [0, 0.05) is 12.1 Å². The lowest BCUT2D eigenvalue weighted by atomic mass is 9.79. The fraction of sp³-hybridized carbons (Fsp3) is 0.867. The summed E-state index contributed by atoms with van der Waals surface area (Å²) in [6, 6.07) is -0.149. The minimum atomic E-state index is -0.723. The van der Waals surface area contributed by atoms with Crippen molar-refractivity contribution in [3.05, 3.63) is 0 Å². The van der Waals surface area contributed by atoms with Gasteiger partial charge in [-0.25, -0.2) is 4.79 Å². The van der Waals surface area contributed by atoms with Gasteiger partial charge in [0.2, 0.25) is 0 Å². The Hall–Kier alpha value is -1.26. The highest BCUT2D eigenvalue weighted by atomic mass is 16.4. The Labute approximate surface area is 120 Å². The average Bonchev–Trinajstić information content (AvgIpc) is 2.83. The molecular weight excluding hydrogens is 256 g/mol. The molecule has 3 N–H and O–H groups in total. The van der Waals surface area contributed by atoms with E-state index in [1.165, 1.54) is 12.8 Å². The molecule has 0 aliphatic heterocycles. The lowest BCUT2D eigenvalue weighted by Gasteiger charge is -2.30. The molecule has 0 bridgehead atoms. The van der Waals surface area contributed by atoms with Crippen LogP contribution in [0.1, 0.15) is 58.3 Å². The first-order valence-electron chi connectivity index (χ1n) is 7.79. The molecule has 0 spiro atoms. The van der Waals surface area contributed by atoms with Crippen molar-refractivity contribution < 1.29 is 14.7 Å². The number of hydrogen-bond acceptors (Lipinski definition) is 2. The number of hydrogen-bond donors (Lipinski definition) is 3. The van der Waals surface area contributed by atoms with Crippen molar-refractivity contribution >= 4 is 12.0 Å². The van der Waals surface area contributed by atoms with E-state index >= 15 is 0 Å². The summed E-state index contributed by atoms with van der Waals surface area (Å²) in [7, 11) is 0. The van der Waals surface area contributed by atoms with Gasteiger partial charge in [0.1, 0.15) is 0 Å². The van der Waals surface area contributed by atoms with E-state index in [0.717, 1.165) is 38.5 Å². The van der Waals surface area contributed by atoms with Crippen molar-refractivity contribution in [3.8, 4) is 0 Å². The zero-order valence-corrected chi connectivity index (χ0v) is 12.3. The molecule has 2 saturated carbocycles. The monoisotopic (exact) mass is 282 g/mol. The van der Waals surface area contributed by atoms with Gasteiger partial charge >= 0.3 is 12.0 Å². The zero-order valence-electron chi connectivity index (χ0n) is 12.3. The van der Waals surface area contributed by atoms with Crippen LogP contribution in [0.15, 0.2) is 0 Å². The van der Waals surface area contributed by atoms with Crippen LogP contribution in [0.4, 0.5) is 4.79 Å². The Balaban J connectivity index is 1.78. The van der Waals surface area contributed by atoms with E-state index in [9.17, 15) is 14.7 Å². The van der Waals surface area contributed by atoms with E-state index < -0.39 is 5.97 Å². The van der Waals surface area contributed by atoms with Crippen molar-refractivity contribution in [3.63, 3.8) is 0 Å². The predicted octanol–water partition coefficient (Wildman–Crippen LogP) is 2.51. The van der Waals surface area contributed by atoms with Crippen LogP contribution in [0.25, 0.3) is 0 Å². The van der Waals surface area contributed by atoms with E-state index in [1.807, 2.05) is 0 Å². The minimum Gasteiger partial charge on any atom is -0.481 e. The molecule has 0 aromatic rings. The van der Waals surface area contributed by atoms with Crippen LogP contribution in [0, 0.1) is 11.8 Å². The number of amides is 2. The van der Waals surface area contributed by atoms with E-state index in [0.29, 0.717) is 6.54 Å². The van der Waals surface area contributed by atoms with Crippen LogP contribution >= 0.6 is 0 Å². The van der Waals surface area contributed by atoms with E-state index in [2.05, 4.69) is 17.6 Å². The Morgan fingerprint density at radius 3 is 2.45 bits per heavy atom. The van der Waals surface area contributed by atoms with Crippen LogP contribution in [-0.2, 0) is 4.79 Å². The third-order valence-electron chi connectivity index (χ3n) is 4.87. The highest BCUT2D eigenvalue weighted by Crippen LogP contribution is 2.30. The summed E-state index contributed by atoms with van der Waals surface area (Å²) < 4.78 is 0. The maximum absolute atomic E-state index is 12.0. The van der Waals surface area contributed by atoms with Gasteiger partial charge in [-0.1, -0.05) is 25.7 Å². The molecule has 2 atom stereocenters. The highest BCUT2D eigenvalue weighted by molar-refractivity contribution is 5.75. The van der Waals surface area contributed by atoms with Crippen LogP contribution in [0.2, 0.25) is 0 Å². The second-order valence-corrected chi connectivity index (χ2v) is 6.59. The molecule has 0 heterocycles. The first-order chi connectivity index (χ1) is 9.50. The maximum Gasteiger partial charge on any atom is 0.315 e. The van der Waals surface area contributed by atoms with Crippen molar-refractivity contribution in [1.82, 2.24) is 10.6 Å². The Bertz CT molecular complexity index is 364. The first kappa shape index (κ1) is 15.1. The normalized spacial score (nSPS) is 28.9.